The molecule has 31 heavy (non-hydrogen) atoms. The molecule has 0 spiro atoms. The minimum atomic E-state index is 0.168. The first-order valence-corrected chi connectivity index (χ1v) is 13.0. The van der Waals surface area contributed by atoms with Crippen LogP contribution in [0.5, 0.6) is 0 Å². The van der Waals surface area contributed by atoms with E-state index in [1.807, 2.05) is 6.07 Å². The molecule has 2 heterocycles. The van der Waals surface area contributed by atoms with Crippen LogP contribution in [0.4, 0.5) is 0 Å². The molecule has 0 unspecified atom stereocenters. The van der Waals surface area contributed by atoms with Gasteiger partial charge in [-0.15, -0.1) is 0 Å². The minimum Gasteiger partial charge on any atom is -0.302 e. The lowest BCUT2D eigenvalue weighted by atomic mass is 9.95. The highest BCUT2D eigenvalue weighted by molar-refractivity contribution is 5.94. The number of rotatable bonds is 9. The van der Waals surface area contributed by atoms with E-state index in [4.69, 9.17) is 0 Å². The summed E-state index contributed by atoms with van der Waals surface area (Å²) < 4.78 is 0. The average molecular weight is 426 g/mol. The van der Waals surface area contributed by atoms with E-state index in [0.29, 0.717) is 0 Å². The highest BCUT2D eigenvalue weighted by atomic mass is 16.1. The number of ketones is 1. The molecule has 1 aromatic rings. The average Bonchev–Trinajstić information content (AvgIpc) is 3.34. The van der Waals surface area contributed by atoms with Crippen molar-refractivity contribution in [1.29, 1.82) is 0 Å². The molecule has 0 amide bonds. The predicted octanol–water partition coefficient (Wildman–Crippen LogP) is 4.83. The van der Waals surface area contributed by atoms with Gasteiger partial charge >= 0.3 is 0 Å². The predicted molar refractivity (Wildman–Crippen MR) is 129 cm³/mol. The number of hydrogen-bond acceptors (Lipinski definition) is 4. The molecule has 1 atom stereocenters. The van der Waals surface area contributed by atoms with Gasteiger partial charge in [0, 0.05) is 44.3 Å². The van der Waals surface area contributed by atoms with E-state index in [-0.39, 0.29) is 5.78 Å². The van der Waals surface area contributed by atoms with Crippen LogP contribution in [0.25, 0.3) is 0 Å². The van der Waals surface area contributed by atoms with Gasteiger partial charge in [-0.3, -0.25) is 9.69 Å². The summed E-state index contributed by atoms with van der Waals surface area (Å²) in [5.74, 6) is 0.952. The van der Waals surface area contributed by atoms with Crippen molar-refractivity contribution in [1.82, 2.24) is 14.7 Å². The Morgan fingerprint density at radius 2 is 1.81 bits per heavy atom. The van der Waals surface area contributed by atoms with Gasteiger partial charge in [0.2, 0.25) is 0 Å². The third kappa shape index (κ3) is 6.87. The summed E-state index contributed by atoms with van der Waals surface area (Å²) in [5, 5.41) is 0. The Morgan fingerprint density at radius 1 is 1.00 bits per heavy atom. The summed E-state index contributed by atoms with van der Waals surface area (Å²) in [5.41, 5.74) is 2.13. The van der Waals surface area contributed by atoms with Crippen LogP contribution < -0.4 is 0 Å². The third-order valence-electron chi connectivity index (χ3n) is 7.83. The Bertz CT molecular complexity index is 693. The van der Waals surface area contributed by atoms with Crippen molar-refractivity contribution in [3.63, 3.8) is 0 Å². The van der Waals surface area contributed by atoms with Crippen LogP contribution in [0.3, 0.4) is 0 Å². The van der Waals surface area contributed by atoms with Gasteiger partial charge in [0.15, 0.2) is 5.78 Å². The normalized spacial score (nSPS) is 24.1. The highest BCUT2D eigenvalue weighted by Gasteiger charge is 2.29. The van der Waals surface area contributed by atoms with E-state index in [2.05, 4.69) is 32.9 Å². The Morgan fingerprint density at radius 3 is 2.58 bits per heavy atom. The van der Waals surface area contributed by atoms with Crippen LogP contribution in [-0.4, -0.2) is 72.3 Å². The SMILES string of the molecule is CC(=O)c1cccc(CN(CCN2CCCCC2)C[C@@H]2CCCN(C3CCCC3)C2)c1. The smallest absolute Gasteiger partial charge is 0.159 e. The van der Waals surface area contributed by atoms with Crippen LogP contribution in [0.1, 0.15) is 80.6 Å². The van der Waals surface area contributed by atoms with Crippen molar-refractivity contribution >= 4 is 5.78 Å². The summed E-state index contributed by atoms with van der Waals surface area (Å²) in [6.07, 6.45) is 12.6. The molecule has 4 nitrogen and oxygen atoms in total. The van der Waals surface area contributed by atoms with E-state index < -0.39 is 0 Å². The van der Waals surface area contributed by atoms with Crippen molar-refractivity contribution in [2.24, 2.45) is 5.92 Å². The summed E-state index contributed by atoms with van der Waals surface area (Å²) >= 11 is 0. The van der Waals surface area contributed by atoms with E-state index >= 15 is 0 Å². The molecule has 1 aliphatic carbocycles. The number of likely N-dealkylation sites (tertiary alicyclic amines) is 2. The Balaban J connectivity index is 1.38. The molecule has 2 aliphatic heterocycles. The lowest BCUT2D eigenvalue weighted by Crippen LogP contribution is -2.46. The van der Waals surface area contributed by atoms with Gasteiger partial charge in [0.25, 0.3) is 0 Å². The fourth-order valence-electron chi connectivity index (χ4n) is 6.06. The van der Waals surface area contributed by atoms with Crippen LogP contribution in [0.2, 0.25) is 0 Å². The quantitative estimate of drug-likeness (QED) is 0.530. The van der Waals surface area contributed by atoms with Crippen LogP contribution >= 0.6 is 0 Å². The zero-order valence-corrected chi connectivity index (χ0v) is 19.7. The maximum atomic E-state index is 11.9. The second-order valence-corrected chi connectivity index (χ2v) is 10.3. The summed E-state index contributed by atoms with van der Waals surface area (Å²) in [6.45, 7) is 11.3. The van der Waals surface area contributed by atoms with Crippen molar-refractivity contribution in [2.45, 2.75) is 77.3 Å². The minimum absolute atomic E-state index is 0.168. The van der Waals surface area contributed by atoms with Crippen molar-refractivity contribution in [2.75, 3.05) is 45.8 Å². The molecule has 0 bridgehead atoms. The molecule has 0 radical (unpaired) electrons. The van der Waals surface area contributed by atoms with Crippen LogP contribution in [0, 0.1) is 5.92 Å². The molecular weight excluding hydrogens is 382 g/mol. The van der Waals surface area contributed by atoms with Crippen LogP contribution in [0.15, 0.2) is 24.3 Å². The van der Waals surface area contributed by atoms with E-state index in [1.54, 1.807) is 6.92 Å². The Labute approximate surface area is 190 Å². The van der Waals surface area contributed by atoms with Gasteiger partial charge < -0.3 is 9.80 Å². The summed E-state index contributed by atoms with van der Waals surface area (Å²) in [6, 6.07) is 9.17. The molecule has 1 saturated carbocycles. The Hall–Kier alpha value is -1.23. The number of benzene rings is 1. The first-order chi connectivity index (χ1) is 15.2. The van der Waals surface area contributed by atoms with Crippen molar-refractivity contribution in [3.05, 3.63) is 35.4 Å². The van der Waals surface area contributed by atoms with Gasteiger partial charge in [0.1, 0.15) is 0 Å². The van der Waals surface area contributed by atoms with Gasteiger partial charge in [-0.25, -0.2) is 0 Å². The number of Topliss-reactive ketones (excluding diaryl/α,β-unsaturated/α-hetero) is 1. The molecule has 2 saturated heterocycles. The fraction of sp³-hybridized carbons (Fsp3) is 0.741. The number of piperidine rings is 2. The molecule has 172 valence electrons. The summed E-state index contributed by atoms with van der Waals surface area (Å²) in [4.78, 5) is 20.0. The molecular formula is C27H43N3O. The third-order valence-corrected chi connectivity index (χ3v) is 7.83. The highest BCUT2D eigenvalue weighted by Crippen LogP contribution is 2.28. The number of nitrogens with zero attached hydrogens (tertiary/aromatic N) is 3. The van der Waals surface area contributed by atoms with E-state index in [9.17, 15) is 4.79 Å². The maximum Gasteiger partial charge on any atom is 0.159 e. The fourth-order valence-corrected chi connectivity index (χ4v) is 6.06. The van der Waals surface area contributed by atoms with Gasteiger partial charge in [-0.05, 0) is 82.6 Å². The van der Waals surface area contributed by atoms with Crippen LogP contribution in [-0.2, 0) is 6.54 Å². The molecule has 1 aromatic carbocycles. The van der Waals surface area contributed by atoms with E-state index in [0.717, 1.165) is 30.6 Å². The number of hydrogen-bond donors (Lipinski definition) is 0. The van der Waals surface area contributed by atoms with Gasteiger partial charge in [-0.1, -0.05) is 37.5 Å². The number of carbonyl (C=O) groups excluding carboxylic acids is 1. The zero-order valence-electron chi connectivity index (χ0n) is 19.7. The lowest BCUT2D eigenvalue weighted by Gasteiger charge is -2.39. The van der Waals surface area contributed by atoms with Crippen molar-refractivity contribution < 1.29 is 4.79 Å². The van der Waals surface area contributed by atoms with Gasteiger partial charge in [0.05, 0.1) is 0 Å². The zero-order chi connectivity index (χ0) is 21.5. The van der Waals surface area contributed by atoms with Crippen molar-refractivity contribution in [3.8, 4) is 0 Å². The summed E-state index contributed by atoms with van der Waals surface area (Å²) in [7, 11) is 0. The number of carbonyl (C=O) groups is 1. The first kappa shape index (κ1) is 22.9. The molecule has 0 N–H and O–H groups in total. The lowest BCUT2D eigenvalue weighted by molar-refractivity contribution is 0.0912. The Kier molecular flexibility index (Phi) is 8.57. The topological polar surface area (TPSA) is 26.8 Å². The van der Waals surface area contributed by atoms with Gasteiger partial charge in [-0.2, -0.15) is 0 Å². The molecule has 3 fully saturated rings. The molecule has 4 heteroatoms. The molecule has 0 aromatic heterocycles. The van der Waals surface area contributed by atoms with E-state index in [1.165, 1.54) is 103 Å². The standard InChI is InChI=1S/C27H43N3O/c1-23(31)26-11-7-9-24(19-26)20-29(18-17-28-14-5-2-6-15-28)21-25-10-8-16-30(22-25)27-12-3-4-13-27/h7,9,11,19,25,27H,2-6,8,10,12-18,20-22H2,1H3/t25-/m0/s1. The first-order valence-electron chi connectivity index (χ1n) is 13.0. The largest absolute Gasteiger partial charge is 0.302 e. The monoisotopic (exact) mass is 425 g/mol. The molecule has 3 aliphatic rings. The maximum absolute atomic E-state index is 11.9. The second-order valence-electron chi connectivity index (χ2n) is 10.3. The molecule has 4 rings (SSSR count). The second kappa shape index (κ2) is 11.6.